The standard InChI is InChI=1S/C22H32N4O5S2/c1-5-26(6-2)33(28,29)18-7-8-21(25-9-11-30-12-10-25)20(13-18)23-22(27)15-32-14-19-16(3)24-31-17(19)4/h7-8,13H,5-6,9-12,14-15H2,1-4H3,(H,23,27). The van der Waals surface area contributed by atoms with Crippen LogP contribution in [0.3, 0.4) is 0 Å². The Morgan fingerprint density at radius 3 is 2.52 bits per heavy atom. The monoisotopic (exact) mass is 496 g/mol. The molecule has 1 aromatic carbocycles. The van der Waals surface area contributed by atoms with E-state index in [9.17, 15) is 13.2 Å². The van der Waals surface area contributed by atoms with Crippen LogP contribution >= 0.6 is 11.8 Å². The van der Waals surface area contributed by atoms with Gasteiger partial charge in [0.1, 0.15) is 5.76 Å². The molecule has 1 amide bonds. The number of aromatic nitrogens is 1. The lowest BCUT2D eigenvalue weighted by atomic mass is 10.2. The first-order chi connectivity index (χ1) is 15.8. The van der Waals surface area contributed by atoms with Crippen LogP contribution in [0.25, 0.3) is 0 Å². The predicted octanol–water partition coefficient (Wildman–Crippen LogP) is 3.03. The van der Waals surface area contributed by atoms with E-state index in [4.69, 9.17) is 9.26 Å². The number of anilines is 2. The number of ether oxygens (including phenoxy) is 1. The Labute approximate surface area is 199 Å². The summed E-state index contributed by atoms with van der Waals surface area (Å²) in [6, 6.07) is 4.95. The molecule has 1 aliphatic rings. The number of thioether (sulfide) groups is 1. The molecule has 0 aliphatic carbocycles. The van der Waals surface area contributed by atoms with Crippen molar-refractivity contribution in [3.05, 3.63) is 35.2 Å². The number of nitrogens with one attached hydrogen (secondary N) is 1. The Morgan fingerprint density at radius 2 is 1.91 bits per heavy atom. The topological polar surface area (TPSA) is 105 Å². The molecule has 11 heteroatoms. The average molecular weight is 497 g/mol. The maximum Gasteiger partial charge on any atom is 0.243 e. The Hall–Kier alpha value is -2.08. The summed E-state index contributed by atoms with van der Waals surface area (Å²) in [5.41, 5.74) is 3.10. The van der Waals surface area contributed by atoms with E-state index in [1.54, 1.807) is 18.2 Å². The second-order valence-electron chi connectivity index (χ2n) is 7.71. The van der Waals surface area contributed by atoms with E-state index in [2.05, 4.69) is 15.4 Å². The third-order valence-corrected chi connectivity index (χ3v) is 8.60. The SMILES string of the molecule is CCN(CC)S(=O)(=O)c1ccc(N2CCOCC2)c(NC(=O)CSCc2c(C)noc2C)c1. The highest BCUT2D eigenvalue weighted by molar-refractivity contribution is 7.99. The highest BCUT2D eigenvalue weighted by atomic mass is 32.2. The molecule has 1 fully saturated rings. The number of aryl methyl sites for hydroxylation is 2. The Bertz CT molecular complexity index is 1040. The maximum absolute atomic E-state index is 13.0. The first kappa shape index (κ1) is 25.5. The van der Waals surface area contributed by atoms with E-state index >= 15 is 0 Å². The Morgan fingerprint density at radius 1 is 1.21 bits per heavy atom. The van der Waals surface area contributed by atoms with Crippen molar-refractivity contribution < 1.29 is 22.5 Å². The zero-order chi connectivity index (χ0) is 24.0. The first-order valence-corrected chi connectivity index (χ1v) is 13.6. The van der Waals surface area contributed by atoms with Crippen LogP contribution in [0.2, 0.25) is 0 Å². The van der Waals surface area contributed by atoms with Crippen molar-refractivity contribution in [2.24, 2.45) is 0 Å². The minimum Gasteiger partial charge on any atom is -0.378 e. The van der Waals surface area contributed by atoms with Gasteiger partial charge in [0.15, 0.2) is 0 Å². The van der Waals surface area contributed by atoms with Crippen molar-refractivity contribution >= 4 is 39.1 Å². The summed E-state index contributed by atoms with van der Waals surface area (Å²) in [4.78, 5) is 15.0. The molecular formula is C22H32N4O5S2. The van der Waals surface area contributed by atoms with E-state index in [0.29, 0.717) is 50.8 Å². The van der Waals surface area contributed by atoms with Crippen molar-refractivity contribution in [3.8, 4) is 0 Å². The molecule has 0 unspecified atom stereocenters. The molecule has 0 radical (unpaired) electrons. The van der Waals surface area contributed by atoms with Gasteiger partial charge in [-0.25, -0.2) is 8.42 Å². The van der Waals surface area contributed by atoms with Crippen LogP contribution in [0.1, 0.15) is 30.9 Å². The third-order valence-electron chi connectivity index (χ3n) is 5.60. The van der Waals surface area contributed by atoms with Crippen molar-refractivity contribution in [2.75, 3.05) is 55.4 Å². The Kier molecular flexibility index (Phi) is 8.80. The maximum atomic E-state index is 13.0. The molecule has 9 nitrogen and oxygen atoms in total. The number of morpholine rings is 1. The van der Waals surface area contributed by atoms with Gasteiger partial charge in [0.05, 0.1) is 40.9 Å². The van der Waals surface area contributed by atoms with Crippen LogP contribution in [0.5, 0.6) is 0 Å². The van der Waals surface area contributed by atoms with Gasteiger partial charge >= 0.3 is 0 Å². The molecule has 2 aromatic rings. The van der Waals surface area contributed by atoms with Crippen molar-refractivity contribution in [1.82, 2.24) is 9.46 Å². The highest BCUT2D eigenvalue weighted by Gasteiger charge is 2.25. The number of hydrogen-bond acceptors (Lipinski definition) is 8. The van der Waals surface area contributed by atoms with Crippen molar-refractivity contribution in [1.29, 1.82) is 0 Å². The van der Waals surface area contributed by atoms with Gasteiger partial charge in [0, 0.05) is 37.5 Å². The van der Waals surface area contributed by atoms with E-state index in [1.165, 1.54) is 16.1 Å². The molecule has 1 saturated heterocycles. The van der Waals surface area contributed by atoms with Gasteiger partial charge < -0.3 is 19.5 Å². The third kappa shape index (κ3) is 6.08. The summed E-state index contributed by atoms with van der Waals surface area (Å²) >= 11 is 1.46. The predicted molar refractivity (Wildman–Crippen MR) is 130 cm³/mol. The fourth-order valence-corrected chi connectivity index (χ4v) is 6.17. The van der Waals surface area contributed by atoms with Gasteiger partial charge in [-0.05, 0) is 32.0 Å². The molecule has 1 N–H and O–H groups in total. The molecule has 0 bridgehead atoms. The lowest BCUT2D eigenvalue weighted by molar-refractivity contribution is -0.113. The van der Waals surface area contributed by atoms with Crippen LogP contribution in [0.4, 0.5) is 11.4 Å². The van der Waals surface area contributed by atoms with Crippen molar-refractivity contribution in [3.63, 3.8) is 0 Å². The molecule has 0 saturated carbocycles. The molecule has 1 aliphatic heterocycles. The number of hydrogen-bond donors (Lipinski definition) is 1. The zero-order valence-corrected chi connectivity index (χ0v) is 21.2. The van der Waals surface area contributed by atoms with E-state index in [-0.39, 0.29) is 16.6 Å². The van der Waals surface area contributed by atoms with Gasteiger partial charge in [-0.1, -0.05) is 19.0 Å². The van der Waals surface area contributed by atoms with E-state index < -0.39 is 10.0 Å². The fourth-order valence-electron chi connectivity index (χ4n) is 3.71. The van der Waals surface area contributed by atoms with Crippen molar-refractivity contribution in [2.45, 2.75) is 38.3 Å². The highest BCUT2D eigenvalue weighted by Crippen LogP contribution is 2.31. The summed E-state index contributed by atoms with van der Waals surface area (Å²) in [6.45, 7) is 10.6. The second-order valence-corrected chi connectivity index (χ2v) is 10.6. The second kappa shape index (κ2) is 11.4. The number of carbonyl (C=O) groups excluding carboxylic acids is 1. The quantitative estimate of drug-likeness (QED) is 0.535. The summed E-state index contributed by atoms with van der Waals surface area (Å²) in [6.07, 6.45) is 0. The van der Waals surface area contributed by atoms with Gasteiger partial charge in [-0.2, -0.15) is 4.31 Å². The Balaban J connectivity index is 1.80. The summed E-state index contributed by atoms with van der Waals surface area (Å²) < 4.78 is 38.1. The fraction of sp³-hybridized carbons (Fsp3) is 0.545. The van der Waals surface area contributed by atoms with Crippen LogP contribution in [-0.4, -0.2) is 68.9 Å². The van der Waals surface area contributed by atoms with E-state index in [1.807, 2.05) is 27.7 Å². The number of rotatable bonds is 10. The minimum atomic E-state index is -3.65. The van der Waals surface area contributed by atoms with Gasteiger partial charge in [0.2, 0.25) is 15.9 Å². The summed E-state index contributed by atoms with van der Waals surface area (Å²) in [5.74, 6) is 1.39. The molecule has 0 spiro atoms. The molecule has 0 atom stereocenters. The molecule has 1 aromatic heterocycles. The largest absolute Gasteiger partial charge is 0.378 e. The number of carbonyl (C=O) groups is 1. The average Bonchev–Trinajstić information content (AvgIpc) is 3.12. The lowest BCUT2D eigenvalue weighted by Crippen LogP contribution is -2.37. The van der Waals surface area contributed by atoms with E-state index in [0.717, 1.165) is 22.7 Å². The number of amides is 1. The number of nitrogens with zero attached hydrogens (tertiary/aromatic N) is 3. The zero-order valence-electron chi connectivity index (χ0n) is 19.6. The van der Waals surface area contributed by atoms with Gasteiger partial charge in [0.25, 0.3) is 0 Å². The lowest BCUT2D eigenvalue weighted by Gasteiger charge is -2.31. The molecular weight excluding hydrogens is 464 g/mol. The van der Waals surface area contributed by atoms with Crippen LogP contribution in [0, 0.1) is 13.8 Å². The summed E-state index contributed by atoms with van der Waals surface area (Å²) in [7, 11) is -3.65. The van der Waals surface area contributed by atoms with Gasteiger partial charge in [-0.15, -0.1) is 11.8 Å². The first-order valence-electron chi connectivity index (χ1n) is 11.0. The normalized spacial score (nSPS) is 14.6. The molecule has 2 heterocycles. The van der Waals surface area contributed by atoms with Gasteiger partial charge in [-0.3, -0.25) is 4.79 Å². The van der Waals surface area contributed by atoms with Crippen LogP contribution in [-0.2, 0) is 25.3 Å². The number of sulfonamides is 1. The van der Waals surface area contributed by atoms with Crippen LogP contribution in [0.15, 0.2) is 27.6 Å². The number of benzene rings is 1. The summed E-state index contributed by atoms with van der Waals surface area (Å²) in [5, 5.41) is 6.88. The minimum absolute atomic E-state index is 0.168. The molecule has 33 heavy (non-hydrogen) atoms. The van der Waals surface area contributed by atoms with Crippen LogP contribution < -0.4 is 10.2 Å². The molecule has 3 rings (SSSR count). The molecule has 182 valence electrons. The smallest absolute Gasteiger partial charge is 0.243 e.